The number of likely N-dealkylation sites (N-methyl/N-ethyl adjacent to an activating group) is 1. The number of piperazine rings is 1. The molecule has 1 heterocycles. The highest BCUT2D eigenvalue weighted by Gasteiger charge is 2.34. The molecular weight excluding hydrogens is 429 g/mol. The molecule has 2 N–H and O–H groups in total. The quantitative estimate of drug-likeness (QED) is 0.639. The largest absolute Gasteiger partial charge is 0.416 e. The normalized spacial score (nSPS) is 16.0. The predicted octanol–water partition coefficient (Wildman–Crippen LogP) is 5.22. The highest BCUT2D eigenvalue weighted by molar-refractivity contribution is 6.04. The minimum atomic E-state index is -4.54. The van der Waals surface area contributed by atoms with Gasteiger partial charge >= 0.3 is 6.18 Å². The fourth-order valence-electron chi connectivity index (χ4n) is 3.81. The number of hydrogen-bond acceptors (Lipinski definition) is 4. The van der Waals surface area contributed by atoms with Crippen molar-refractivity contribution in [3.05, 3.63) is 58.7 Å². The van der Waals surface area contributed by atoms with Crippen molar-refractivity contribution in [3.63, 3.8) is 0 Å². The molecule has 3 rings (SSSR count). The summed E-state index contributed by atoms with van der Waals surface area (Å²) in [6, 6.07) is 9.27. The van der Waals surface area contributed by atoms with Crippen molar-refractivity contribution in [2.75, 3.05) is 43.9 Å². The molecule has 5 nitrogen and oxygen atoms in total. The van der Waals surface area contributed by atoms with Crippen molar-refractivity contribution in [2.45, 2.75) is 46.0 Å². The van der Waals surface area contributed by atoms with E-state index in [0.717, 1.165) is 30.4 Å². The van der Waals surface area contributed by atoms with Crippen LogP contribution in [0.5, 0.6) is 0 Å². The van der Waals surface area contributed by atoms with Gasteiger partial charge in [0.25, 0.3) is 5.91 Å². The predicted molar refractivity (Wildman–Crippen MR) is 127 cm³/mol. The topological polar surface area (TPSA) is 47.6 Å². The van der Waals surface area contributed by atoms with Crippen LogP contribution in [-0.2, 0) is 12.7 Å². The lowest BCUT2D eigenvalue weighted by molar-refractivity contribution is -0.138. The van der Waals surface area contributed by atoms with Crippen molar-refractivity contribution in [1.29, 1.82) is 0 Å². The first-order valence-electron chi connectivity index (χ1n) is 11.1. The lowest BCUT2D eigenvalue weighted by Crippen LogP contribution is -2.44. The Morgan fingerprint density at radius 2 is 1.67 bits per heavy atom. The van der Waals surface area contributed by atoms with Crippen molar-refractivity contribution in [3.8, 4) is 0 Å². The van der Waals surface area contributed by atoms with E-state index < -0.39 is 17.6 Å². The Balaban J connectivity index is 1.80. The molecule has 0 saturated carbocycles. The minimum absolute atomic E-state index is 0.0182. The molecule has 2 aromatic rings. The zero-order valence-corrected chi connectivity index (χ0v) is 19.9. The molecule has 0 unspecified atom stereocenters. The van der Waals surface area contributed by atoms with Crippen LogP contribution in [-0.4, -0.2) is 54.5 Å². The van der Waals surface area contributed by atoms with Crippen LogP contribution in [0.25, 0.3) is 0 Å². The van der Waals surface area contributed by atoms with Crippen LogP contribution in [0.4, 0.5) is 24.5 Å². The molecule has 1 amide bonds. The number of carbonyl (C=O) groups excluding carboxylic acids is 1. The second-order valence-corrected chi connectivity index (χ2v) is 9.81. The molecule has 1 fully saturated rings. The average molecular weight is 463 g/mol. The van der Waals surface area contributed by atoms with Crippen LogP contribution in [0.1, 0.15) is 47.8 Å². The molecule has 0 aromatic heterocycles. The third-order valence-electron chi connectivity index (χ3n) is 5.67. The van der Waals surface area contributed by atoms with E-state index in [0.29, 0.717) is 18.8 Å². The fraction of sp³-hybridized carbons (Fsp3) is 0.480. The summed E-state index contributed by atoms with van der Waals surface area (Å²) < 4.78 is 41.5. The number of anilines is 2. The third-order valence-corrected chi connectivity index (χ3v) is 5.67. The zero-order chi connectivity index (χ0) is 24.4. The number of amides is 1. The van der Waals surface area contributed by atoms with Crippen LogP contribution in [0, 0.1) is 6.92 Å². The van der Waals surface area contributed by atoms with Gasteiger partial charge in [0.15, 0.2) is 0 Å². The number of alkyl halides is 3. The number of hydrogen-bond donors (Lipinski definition) is 2. The van der Waals surface area contributed by atoms with Gasteiger partial charge in [-0.1, -0.05) is 12.1 Å². The average Bonchev–Trinajstić information content (AvgIpc) is 2.70. The first-order valence-corrected chi connectivity index (χ1v) is 11.1. The Morgan fingerprint density at radius 3 is 2.27 bits per heavy atom. The molecule has 0 spiro atoms. The highest BCUT2D eigenvalue weighted by Crippen LogP contribution is 2.34. The van der Waals surface area contributed by atoms with Gasteiger partial charge in [-0.25, -0.2) is 0 Å². The van der Waals surface area contributed by atoms with Gasteiger partial charge in [0.2, 0.25) is 0 Å². The Labute approximate surface area is 194 Å². The number of rotatable bonds is 5. The lowest BCUT2D eigenvalue weighted by atomic mass is 10.0. The maximum Gasteiger partial charge on any atom is 0.416 e. The van der Waals surface area contributed by atoms with Gasteiger partial charge in [0, 0.05) is 55.2 Å². The molecule has 0 bridgehead atoms. The van der Waals surface area contributed by atoms with Crippen molar-refractivity contribution in [2.24, 2.45) is 0 Å². The molecular formula is C25H33F3N4O. The van der Waals surface area contributed by atoms with Gasteiger partial charge in [-0.15, -0.1) is 0 Å². The van der Waals surface area contributed by atoms with Gasteiger partial charge in [-0.05, 0) is 70.1 Å². The first kappa shape index (κ1) is 25.1. The summed E-state index contributed by atoms with van der Waals surface area (Å²) in [5.74, 6) is -0.572. The third kappa shape index (κ3) is 6.95. The molecule has 1 aliphatic heterocycles. The molecule has 2 aromatic carbocycles. The summed E-state index contributed by atoms with van der Waals surface area (Å²) in [7, 11) is 2.00. The number of benzene rings is 2. The van der Waals surface area contributed by atoms with E-state index in [1.54, 1.807) is 12.1 Å². The van der Waals surface area contributed by atoms with Gasteiger partial charge in [-0.3, -0.25) is 9.69 Å². The minimum Gasteiger partial charge on any atom is -0.380 e. The Kier molecular flexibility index (Phi) is 7.39. The van der Waals surface area contributed by atoms with E-state index in [-0.39, 0.29) is 23.2 Å². The van der Waals surface area contributed by atoms with E-state index in [1.165, 1.54) is 12.1 Å². The molecule has 8 heteroatoms. The Morgan fingerprint density at radius 1 is 1.00 bits per heavy atom. The number of nitrogens with one attached hydrogen (secondary N) is 2. The highest BCUT2D eigenvalue weighted by atomic mass is 19.4. The van der Waals surface area contributed by atoms with Gasteiger partial charge in [0.1, 0.15) is 0 Å². The van der Waals surface area contributed by atoms with E-state index >= 15 is 0 Å². The smallest absolute Gasteiger partial charge is 0.380 e. The maximum atomic E-state index is 13.8. The Bertz CT molecular complexity index is 990. The first-order chi connectivity index (χ1) is 15.3. The van der Waals surface area contributed by atoms with Crippen LogP contribution in [0.2, 0.25) is 0 Å². The number of nitrogens with zero attached hydrogens (tertiary/aromatic N) is 2. The monoisotopic (exact) mass is 462 g/mol. The van der Waals surface area contributed by atoms with Crippen molar-refractivity contribution in [1.82, 2.24) is 9.80 Å². The van der Waals surface area contributed by atoms with E-state index in [2.05, 4.69) is 15.5 Å². The van der Waals surface area contributed by atoms with Crippen molar-refractivity contribution < 1.29 is 18.0 Å². The summed E-state index contributed by atoms with van der Waals surface area (Å²) >= 11 is 0. The molecule has 1 aliphatic rings. The van der Waals surface area contributed by atoms with Gasteiger partial charge in [0.05, 0.1) is 5.56 Å². The Hall–Kier alpha value is -2.58. The van der Waals surface area contributed by atoms with Gasteiger partial charge < -0.3 is 15.5 Å². The van der Waals surface area contributed by atoms with Crippen LogP contribution in [0.3, 0.4) is 0 Å². The van der Waals surface area contributed by atoms with Crippen LogP contribution < -0.4 is 10.6 Å². The molecule has 1 saturated heterocycles. The van der Waals surface area contributed by atoms with Crippen LogP contribution in [0.15, 0.2) is 36.4 Å². The summed E-state index contributed by atoms with van der Waals surface area (Å²) in [6.07, 6.45) is -4.54. The SMILES string of the molecule is Cc1ccc(NC(=O)c2ccc(CN3CCN(C)CC3)c(C(F)(F)F)c2)cc1NC(C)(C)C. The molecule has 33 heavy (non-hydrogen) atoms. The zero-order valence-electron chi connectivity index (χ0n) is 19.9. The van der Waals surface area contributed by atoms with Crippen molar-refractivity contribution >= 4 is 17.3 Å². The van der Waals surface area contributed by atoms with E-state index in [9.17, 15) is 18.0 Å². The second-order valence-electron chi connectivity index (χ2n) is 9.81. The fourth-order valence-corrected chi connectivity index (χ4v) is 3.81. The molecule has 0 radical (unpaired) electrons. The van der Waals surface area contributed by atoms with E-state index in [4.69, 9.17) is 0 Å². The number of carbonyl (C=O) groups is 1. The lowest BCUT2D eigenvalue weighted by Gasteiger charge is -2.33. The number of aryl methyl sites for hydroxylation is 1. The molecule has 0 atom stereocenters. The molecule has 0 aliphatic carbocycles. The summed E-state index contributed by atoms with van der Waals surface area (Å²) in [5, 5.41) is 6.11. The standard InChI is InChI=1S/C25H33F3N4O/c1-17-6-9-20(15-22(17)30-24(2,3)4)29-23(33)18-7-8-19(21(14-18)25(26,27)28)16-32-12-10-31(5)11-13-32/h6-9,14-15,30H,10-13,16H2,1-5H3,(H,29,33). The molecule has 180 valence electrons. The summed E-state index contributed by atoms with van der Waals surface area (Å²) in [6.45, 7) is 11.3. The summed E-state index contributed by atoms with van der Waals surface area (Å²) in [5.41, 5.74) is 1.63. The van der Waals surface area contributed by atoms with E-state index in [1.807, 2.05) is 45.7 Å². The summed E-state index contributed by atoms with van der Waals surface area (Å²) in [4.78, 5) is 17.0. The number of halogens is 3. The van der Waals surface area contributed by atoms with Crippen LogP contribution >= 0.6 is 0 Å². The van der Waals surface area contributed by atoms with Gasteiger partial charge in [-0.2, -0.15) is 13.2 Å². The second kappa shape index (κ2) is 9.73. The maximum absolute atomic E-state index is 13.8.